The van der Waals surface area contributed by atoms with E-state index in [0.29, 0.717) is 25.0 Å². The van der Waals surface area contributed by atoms with E-state index >= 15 is 0 Å². The molecule has 0 spiro atoms. The zero-order valence-corrected chi connectivity index (χ0v) is 16.7. The van der Waals surface area contributed by atoms with Crippen LogP contribution in [0.4, 0.5) is 0 Å². The van der Waals surface area contributed by atoms with Gasteiger partial charge in [-0.1, -0.05) is 13.8 Å². The summed E-state index contributed by atoms with van der Waals surface area (Å²) in [4.78, 5) is 15.0. The molecule has 1 aliphatic heterocycles. The van der Waals surface area contributed by atoms with E-state index in [1.807, 2.05) is 12.4 Å². The van der Waals surface area contributed by atoms with Gasteiger partial charge in [0, 0.05) is 50.3 Å². The molecule has 0 atom stereocenters. The molecular weight excluding hydrogens is 352 g/mol. The minimum absolute atomic E-state index is 0.390. The molecule has 0 unspecified atom stereocenters. The highest BCUT2D eigenvalue weighted by Gasteiger charge is 2.25. The average Bonchev–Trinajstić information content (AvgIpc) is 3.30. The van der Waals surface area contributed by atoms with Crippen LogP contribution in [0.1, 0.15) is 45.0 Å². The van der Waals surface area contributed by atoms with Gasteiger partial charge in [-0.3, -0.25) is 0 Å². The Balaban J connectivity index is 1.66. The molecule has 148 valence electrons. The highest BCUT2D eigenvalue weighted by atomic mass is 16.5. The largest absolute Gasteiger partial charge is 0.373 e. The van der Waals surface area contributed by atoms with Crippen LogP contribution in [0, 0.1) is 17.2 Å². The predicted octanol–water partition coefficient (Wildman–Crippen LogP) is 3.64. The van der Waals surface area contributed by atoms with E-state index < -0.39 is 0 Å². The number of aromatic nitrogens is 4. The molecule has 1 saturated heterocycles. The summed E-state index contributed by atoms with van der Waals surface area (Å²) in [5.41, 5.74) is 2.99. The zero-order chi connectivity index (χ0) is 19.5. The number of hydrogen-bond donors (Lipinski definition) is 1. The number of nitriles is 1. The van der Waals surface area contributed by atoms with Gasteiger partial charge in [0.15, 0.2) is 0 Å². The number of imidazole rings is 1. The lowest BCUT2D eigenvalue weighted by Gasteiger charge is -2.33. The Morgan fingerprint density at radius 2 is 2.18 bits per heavy atom. The van der Waals surface area contributed by atoms with Gasteiger partial charge >= 0.3 is 0 Å². The van der Waals surface area contributed by atoms with Gasteiger partial charge in [-0.15, -0.1) is 0 Å². The smallest absolute Gasteiger partial charge is 0.139 e. The number of fused-ring (bicyclic) bond motifs is 3. The monoisotopic (exact) mass is 380 g/mol. The van der Waals surface area contributed by atoms with E-state index in [9.17, 15) is 0 Å². The van der Waals surface area contributed by atoms with Gasteiger partial charge in [0.05, 0.1) is 17.8 Å². The van der Waals surface area contributed by atoms with Gasteiger partial charge in [-0.25, -0.2) is 9.97 Å². The number of hydrogen-bond acceptors (Lipinski definition) is 5. The third-order valence-electron chi connectivity index (χ3n) is 5.45. The van der Waals surface area contributed by atoms with E-state index in [2.05, 4.69) is 45.4 Å². The maximum Gasteiger partial charge on any atom is 0.139 e. The fraction of sp³-hybridized carbons (Fsp3) is 0.571. The first-order valence-corrected chi connectivity index (χ1v) is 10.2. The van der Waals surface area contributed by atoms with Gasteiger partial charge in [-0.05, 0) is 24.8 Å². The molecular formula is C21H28N6O. The van der Waals surface area contributed by atoms with Crippen molar-refractivity contribution in [1.82, 2.24) is 24.4 Å². The Morgan fingerprint density at radius 3 is 2.93 bits per heavy atom. The molecule has 28 heavy (non-hydrogen) atoms. The number of rotatable bonds is 7. The van der Waals surface area contributed by atoms with Crippen LogP contribution >= 0.6 is 0 Å². The van der Waals surface area contributed by atoms with E-state index in [-0.39, 0.29) is 0 Å². The summed E-state index contributed by atoms with van der Waals surface area (Å²) >= 11 is 0. The van der Waals surface area contributed by atoms with E-state index in [1.165, 1.54) is 0 Å². The number of piperidine rings is 1. The Bertz CT molecular complexity index is 974. The van der Waals surface area contributed by atoms with Gasteiger partial charge in [0.2, 0.25) is 0 Å². The topological polar surface area (TPSA) is 82.8 Å². The maximum atomic E-state index is 8.84. The Hall–Kier alpha value is -2.43. The van der Waals surface area contributed by atoms with Gasteiger partial charge in [-0.2, -0.15) is 5.26 Å². The van der Waals surface area contributed by atoms with Crippen molar-refractivity contribution in [2.24, 2.45) is 5.92 Å². The Kier molecular flexibility index (Phi) is 5.60. The summed E-state index contributed by atoms with van der Waals surface area (Å²) in [6, 6.07) is 4.73. The van der Waals surface area contributed by atoms with E-state index in [0.717, 1.165) is 67.0 Å². The SMILES string of the molecule is CC(C)COCc1nc2cnc3[nH]ccc3c2n1C1CCN(CCC#N)CC1. The fourth-order valence-electron chi connectivity index (χ4n) is 4.13. The molecule has 7 heteroatoms. The first kappa shape index (κ1) is 18.9. The average molecular weight is 380 g/mol. The molecule has 4 heterocycles. The summed E-state index contributed by atoms with van der Waals surface area (Å²) in [5.74, 6) is 1.49. The second kappa shape index (κ2) is 8.29. The van der Waals surface area contributed by atoms with Crippen LogP contribution in [0.2, 0.25) is 0 Å². The van der Waals surface area contributed by atoms with Crippen LogP contribution < -0.4 is 0 Å². The third-order valence-corrected chi connectivity index (χ3v) is 5.45. The molecule has 0 aromatic carbocycles. The fourth-order valence-corrected chi connectivity index (χ4v) is 4.13. The summed E-state index contributed by atoms with van der Waals surface area (Å²) in [6.07, 6.45) is 6.51. The summed E-state index contributed by atoms with van der Waals surface area (Å²) in [6.45, 7) is 8.46. The normalized spacial score (nSPS) is 16.4. The maximum absolute atomic E-state index is 8.84. The van der Waals surface area contributed by atoms with Crippen LogP contribution in [-0.2, 0) is 11.3 Å². The van der Waals surface area contributed by atoms with Crippen molar-refractivity contribution in [3.8, 4) is 6.07 Å². The van der Waals surface area contributed by atoms with Crippen molar-refractivity contribution >= 4 is 22.1 Å². The number of aromatic amines is 1. The van der Waals surface area contributed by atoms with Crippen LogP contribution in [0.15, 0.2) is 18.5 Å². The first-order chi connectivity index (χ1) is 13.7. The first-order valence-electron chi connectivity index (χ1n) is 10.2. The van der Waals surface area contributed by atoms with Crippen LogP contribution in [0.5, 0.6) is 0 Å². The molecule has 0 amide bonds. The van der Waals surface area contributed by atoms with Crippen LogP contribution in [0.25, 0.3) is 22.1 Å². The lowest BCUT2D eigenvalue weighted by molar-refractivity contribution is 0.0876. The highest BCUT2D eigenvalue weighted by Crippen LogP contribution is 2.32. The molecule has 3 aromatic heterocycles. The second-order valence-corrected chi connectivity index (χ2v) is 8.02. The van der Waals surface area contributed by atoms with Crippen molar-refractivity contribution in [1.29, 1.82) is 5.26 Å². The molecule has 1 aliphatic rings. The van der Waals surface area contributed by atoms with Gasteiger partial charge in [0.1, 0.15) is 23.6 Å². The molecule has 4 rings (SSSR count). The van der Waals surface area contributed by atoms with Crippen molar-refractivity contribution in [2.45, 2.75) is 45.8 Å². The molecule has 0 radical (unpaired) electrons. The quantitative estimate of drug-likeness (QED) is 0.677. The third kappa shape index (κ3) is 3.75. The Labute approximate surface area is 165 Å². The van der Waals surface area contributed by atoms with Crippen molar-refractivity contribution in [2.75, 3.05) is 26.2 Å². The molecule has 7 nitrogen and oxygen atoms in total. The number of nitrogens with one attached hydrogen (secondary N) is 1. The van der Waals surface area contributed by atoms with Gasteiger partial charge < -0.3 is 19.2 Å². The van der Waals surface area contributed by atoms with Crippen molar-refractivity contribution < 1.29 is 4.74 Å². The summed E-state index contributed by atoms with van der Waals surface area (Å²) in [7, 11) is 0. The number of pyridine rings is 1. The number of H-pyrrole nitrogens is 1. The number of nitrogens with zero attached hydrogens (tertiary/aromatic N) is 5. The Morgan fingerprint density at radius 1 is 1.36 bits per heavy atom. The minimum Gasteiger partial charge on any atom is -0.373 e. The molecule has 0 saturated carbocycles. The molecule has 1 N–H and O–H groups in total. The van der Waals surface area contributed by atoms with Crippen LogP contribution in [-0.4, -0.2) is 50.7 Å². The number of likely N-dealkylation sites (tertiary alicyclic amines) is 1. The molecule has 3 aromatic rings. The highest BCUT2D eigenvalue weighted by molar-refractivity contribution is 6.01. The lowest BCUT2D eigenvalue weighted by atomic mass is 10.0. The van der Waals surface area contributed by atoms with Crippen molar-refractivity contribution in [3.63, 3.8) is 0 Å². The summed E-state index contributed by atoms with van der Waals surface area (Å²) in [5, 5.41) is 9.96. The predicted molar refractivity (Wildman–Crippen MR) is 109 cm³/mol. The number of ether oxygens (including phenoxy) is 1. The zero-order valence-electron chi connectivity index (χ0n) is 16.7. The minimum atomic E-state index is 0.390. The molecule has 0 bridgehead atoms. The standard InChI is InChI=1S/C21H28N6O/c1-15(2)13-28-14-19-25-18-12-24-21-17(4-8-23-21)20(18)27(19)16-5-10-26(11-6-16)9-3-7-22/h4,8,12,15-16H,3,5-6,9-11,13-14H2,1-2H3,(H,23,24). The van der Waals surface area contributed by atoms with Gasteiger partial charge in [0.25, 0.3) is 0 Å². The van der Waals surface area contributed by atoms with Crippen LogP contribution in [0.3, 0.4) is 0 Å². The molecule has 1 fully saturated rings. The lowest BCUT2D eigenvalue weighted by Crippen LogP contribution is -2.35. The second-order valence-electron chi connectivity index (χ2n) is 8.02. The summed E-state index contributed by atoms with van der Waals surface area (Å²) < 4.78 is 8.35. The van der Waals surface area contributed by atoms with E-state index in [1.54, 1.807) is 0 Å². The van der Waals surface area contributed by atoms with E-state index in [4.69, 9.17) is 15.0 Å². The van der Waals surface area contributed by atoms with Crippen molar-refractivity contribution in [3.05, 3.63) is 24.3 Å². The molecule has 0 aliphatic carbocycles.